The van der Waals surface area contributed by atoms with E-state index in [0.717, 1.165) is 39.3 Å². The fraction of sp³-hybridized carbons (Fsp3) is 0.889. The van der Waals surface area contributed by atoms with Gasteiger partial charge in [-0.3, -0.25) is 9.59 Å². The molecule has 126 valence electrons. The lowest BCUT2D eigenvalue weighted by atomic mass is 10.1. The molecule has 2 fully saturated rings. The van der Waals surface area contributed by atoms with Crippen LogP contribution in [0, 0.1) is 0 Å². The van der Waals surface area contributed by atoms with Gasteiger partial charge in [-0.2, -0.15) is 0 Å². The number of hydrogen-bond donors (Lipinski definition) is 0. The van der Waals surface area contributed by atoms with Gasteiger partial charge in [0.1, 0.15) is 11.6 Å². The maximum atomic E-state index is 11.9. The Morgan fingerprint density at radius 2 is 0.909 bits per heavy atom. The van der Waals surface area contributed by atoms with E-state index < -0.39 is 0 Å². The van der Waals surface area contributed by atoms with Crippen LogP contribution in [0.1, 0.15) is 64.2 Å². The highest BCUT2D eigenvalue weighted by molar-refractivity contribution is 5.86. The van der Waals surface area contributed by atoms with Crippen LogP contribution in [0.3, 0.4) is 0 Å². The average molecular weight is 308 g/mol. The Kier molecular flexibility index (Phi) is 8.10. The Morgan fingerprint density at radius 3 is 1.27 bits per heavy atom. The topological polar surface area (TPSA) is 40.6 Å². The largest absolute Gasteiger partial charge is 0.303 e. The number of carbonyl (C=O) groups excluding carboxylic acids is 2. The first-order valence-corrected chi connectivity index (χ1v) is 9.22. The molecule has 22 heavy (non-hydrogen) atoms. The molecule has 2 aliphatic heterocycles. The van der Waals surface area contributed by atoms with Gasteiger partial charge in [0.15, 0.2) is 0 Å². The highest BCUT2D eigenvalue weighted by Gasteiger charge is 2.14. The van der Waals surface area contributed by atoms with Crippen molar-refractivity contribution < 1.29 is 9.59 Å². The summed E-state index contributed by atoms with van der Waals surface area (Å²) in [5.41, 5.74) is 0. The van der Waals surface area contributed by atoms with Crippen LogP contribution in [0.25, 0.3) is 0 Å². The van der Waals surface area contributed by atoms with E-state index in [1.807, 2.05) is 0 Å². The summed E-state index contributed by atoms with van der Waals surface area (Å²) in [5.74, 6) is 0.522. The van der Waals surface area contributed by atoms with Gasteiger partial charge >= 0.3 is 0 Å². The second-order valence-corrected chi connectivity index (χ2v) is 6.88. The van der Waals surface area contributed by atoms with Crippen LogP contribution in [0.15, 0.2) is 0 Å². The highest BCUT2D eigenvalue weighted by atomic mass is 16.1. The summed E-state index contributed by atoms with van der Waals surface area (Å²) >= 11 is 0. The summed E-state index contributed by atoms with van der Waals surface area (Å²) in [5, 5.41) is 0. The number of ketones is 2. The Morgan fingerprint density at radius 1 is 0.545 bits per heavy atom. The molecule has 0 spiro atoms. The van der Waals surface area contributed by atoms with E-state index in [-0.39, 0.29) is 11.6 Å². The molecule has 0 aromatic rings. The summed E-state index contributed by atoms with van der Waals surface area (Å²) in [6.45, 7) is 6.34. The van der Waals surface area contributed by atoms with E-state index in [1.54, 1.807) is 0 Å². The molecule has 0 aromatic heterocycles. The Labute approximate surface area is 135 Å². The van der Waals surface area contributed by atoms with Crippen LogP contribution >= 0.6 is 0 Å². The number of Topliss-reactive ketones (excluding diaryl/α,β-unsaturated/α-hetero) is 2. The normalized spacial score (nSPS) is 20.9. The van der Waals surface area contributed by atoms with Crippen molar-refractivity contribution in [2.24, 2.45) is 0 Å². The van der Waals surface area contributed by atoms with Gasteiger partial charge in [-0.05, 0) is 51.9 Å². The molecule has 2 saturated heterocycles. The number of carbonyl (C=O) groups is 2. The van der Waals surface area contributed by atoms with Crippen molar-refractivity contribution >= 4 is 11.6 Å². The summed E-state index contributed by atoms with van der Waals surface area (Å²) < 4.78 is 0. The minimum absolute atomic E-state index is 0.261. The molecule has 0 atom stereocenters. The van der Waals surface area contributed by atoms with Gasteiger partial charge in [-0.1, -0.05) is 12.8 Å². The zero-order chi connectivity index (χ0) is 15.6. The third-order valence-corrected chi connectivity index (χ3v) is 4.99. The van der Waals surface area contributed by atoms with Gasteiger partial charge in [0, 0.05) is 38.8 Å². The second-order valence-electron chi connectivity index (χ2n) is 6.88. The van der Waals surface area contributed by atoms with E-state index in [2.05, 4.69) is 9.80 Å². The lowest BCUT2D eigenvalue weighted by Gasteiger charge is -2.26. The first-order chi connectivity index (χ1) is 10.7. The van der Waals surface area contributed by atoms with Gasteiger partial charge < -0.3 is 9.80 Å². The molecule has 0 aromatic carbocycles. The van der Waals surface area contributed by atoms with E-state index >= 15 is 0 Å². The van der Waals surface area contributed by atoms with Crippen molar-refractivity contribution in [1.82, 2.24) is 9.80 Å². The average Bonchev–Trinajstić information content (AvgIpc) is 2.58. The molecule has 0 radical (unpaired) electrons. The van der Waals surface area contributed by atoms with Crippen LogP contribution in [0.5, 0.6) is 0 Å². The molecule has 4 nitrogen and oxygen atoms in total. The summed E-state index contributed by atoms with van der Waals surface area (Å²) in [6.07, 6.45) is 9.88. The first-order valence-electron chi connectivity index (χ1n) is 9.22. The third-order valence-electron chi connectivity index (χ3n) is 4.99. The van der Waals surface area contributed by atoms with Gasteiger partial charge in [-0.15, -0.1) is 0 Å². The molecule has 4 heteroatoms. The van der Waals surface area contributed by atoms with Crippen molar-refractivity contribution in [1.29, 1.82) is 0 Å². The molecule has 0 bridgehead atoms. The number of piperidine rings is 2. The minimum atomic E-state index is 0.261. The maximum absolute atomic E-state index is 11.9. The zero-order valence-electron chi connectivity index (χ0n) is 14.0. The summed E-state index contributed by atoms with van der Waals surface area (Å²) in [6, 6.07) is 0. The maximum Gasteiger partial charge on any atom is 0.134 e. The number of nitrogens with zero attached hydrogens (tertiary/aromatic N) is 2. The Balaban J connectivity index is 1.50. The van der Waals surface area contributed by atoms with Crippen molar-refractivity contribution in [3.05, 3.63) is 0 Å². The van der Waals surface area contributed by atoms with E-state index in [4.69, 9.17) is 0 Å². The molecule has 0 saturated carbocycles. The fourth-order valence-corrected chi connectivity index (χ4v) is 3.46. The summed E-state index contributed by atoms with van der Waals surface area (Å²) in [7, 11) is 0. The Bertz CT molecular complexity index is 311. The smallest absolute Gasteiger partial charge is 0.134 e. The molecule has 0 unspecified atom stereocenters. The highest BCUT2D eigenvalue weighted by Crippen LogP contribution is 2.11. The standard InChI is InChI=1S/C18H32N2O2/c21-17(9-15-19-11-3-1-4-12-19)7-8-18(22)10-16-20-13-5-2-6-14-20/h1-16H2. The van der Waals surface area contributed by atoms with Crippen molar-refractivity contribution in [3.8, 4) is 0 Å². The lowest BCUT2D eigenvalue weighted by Crippen LogP contribution is -2.32. The van der Waals surface area contributed by atoms with Crippen molar-refractivity contribution in [2.75, 3.05) is 39.3 Å². The SMILES string of the molecule is O=C(CCC(=O)CCN1CCCCC1)CCN1CCCCC1. The minimum Gasteiger partial charge on any atom is -0.303 e. The predicted molar refractivity (Wildman–Crippen MR) is 89.1 cm³/mol. The van der Waals surface area contributed by atoms with E-state index in [0.29, 0.717) is 25.7 Å². The molecule has 0 amide bonds. The van der Waals surface area contributed by atoms with Crippen molar-refractivity contribution in [3.63, 3.8) is 0 Å². The van der Waals surface area contributed by atoms with Gasteiger partial charge in [0.2, 0.25) is 0 Å². The summed E-state index contributed by atoms with van der Waals surface area (Å²) in [4.78, 5) is 28.6. The predicted octanol–water partition coefficient (Wildman–Crippen LogP) is 2.66. The van der Waals surface area contributed by atoms with Gasteiger partial charge in [-0.25, -0.2) is 0 Å². The lowest BCUT2D eigenvalue weighted by molar-refractivity contribution is -0.124. The fourth-order valence-electron chi connectivity index (χ4n) is 3.46. The molecular formula is C18H32N2O2. The molecule has 0 aliphatic carbocycles. The zero-order valence-corrected chi connectivity index (χ0v) is 14.0. The molecule has 2 rings (SSSR count). The van der Waals surface area contributed by atoms with E-state index in [9.17, 15) is 9.59 Å². The van der Waals surface area contributed by atoms with Crippen LogP contribution in [0.2, 0.25) is 0 Å². The monoisotopic (exact) mass is 308 g/mol. The molecular weight excluding hydrogens is 276 g/mol. The number of likely N-dealkylation sites (tertiary alicyclic amines) is 2. The van der Waals surface area contributed by atoms with Crippen LogP contribution in [-0.4, -0.2) is 60.6 Å². The number of hydrogen-bond acceptors (Lipinski definition) is 4. The quantitative estimate of drug-likeness (QED) is 0.656. The van der Waals surface area contributed by atoms with E-state index in [1.165, 1.54) is 38.5 Å². The third kappa shape index (κ3) is 7.01. The molecule has 0 N–H and O–H groups in total. The van der Waals surface area contributed by atoms with Crippen LogP contribution in [0.4, 0.5) is 0 Å². The molecule has 2 aliphatic rings. The van der Waals surface area contributed by atoms with Gasteiger partial charge in [0.25, 0.3) is 0 Å². The second kappa shape index (κ2) is 10.1. The number of rotatable bonds is 9. The first kappa shape index (κ1) is 17.6. The Hall–Kier alpha value is -0.740. The van der Waals surface area contributed by atoms with Crippen molar-refractivity contribution in [2.45, 2.75) is 64.2 Å². The van der Waals surface area contributed by atoms with Gasteiger partial charge in [0.05, 0.1) is 0 Å². The van der Waals surface area contributed by atoms with Crippen LogP contribution < -0.4 is 0 Å². The van der Waals surface area contributed by atoms with Crippen LogP contribution in [-0.2, 0) is 9.59 Å². The molecule has 2 heterocycles.